The number of nitrogens with zero attached hydrogens (tertiary/aromatic N) is 4. The van der Waals surface area contributed by atoms with E-state index in [-0.39, 0.29) is 0 Å². The highest BCUT2D eigenvalue weighted by Gasteiger charge is 2.27. The second-order valence-corrected chi connectivity index (χ2v) is 7.42. The molecule has 4 nitrogen and oxygen atoms in total. The monoisotopic (exact) mass is 356 g/mol. The van der Waals surface area contributed by atoms with E-state index in [1.54, 1.807) is 0 Å². The highest BCUT2D eigenvalue weighted by Crippen LogP contribution is 2.42. The van der Waals surface area contributed by atoms with Gasteiger partial charge < -0.3 is 9.80 Å². The van der Waals surface area contributed by atoms with Crippen LogP contribution in [0, 0.1) is 0 Å². The first-order valence-electron chi connectivity index (χ1n) is 9.84. The van der Waals surface area contributed by atoms with Crippen molar-refractivity contribution >= 4 is 33.9 Å². The number of amidine groups is 1. The number of pyridine rings is 1. The zero-order valence-corrected chi connectivity index (χ0v) is 15.7. The van der Waals surface area contributed by atoms with Crippen LogP contribution < -0.4 is 4.90 Å². The highest BCUT2D eigenvalue weighted by molar-refractivity contribution is 5.99. The first-order chi connectivity index (χ1) is 13.3. The summed E-state index contributed by atoms with van der Waals surface area (Å²) < 4.78 is 0. The van der Waals surface area contributed by atoms with Crippen LogP contribution in [-0.4, -0.2) is 35.9 Å². The predicted molar refractivity (Wildman–Crippen MR) is 112 cm³/mol. The van der Waals surface area contributed by atoms with Crippen LogP contribution in [0.1, 0.15) is 24.8 Å². The minimum Gasteiger partial charge on any atom is -0.363 e. The Kier molecular flexibility index (Phi) is 4.04. The van der Waals surface area contributed by atoms with E-state index in [1.807, 2.05) is 0 Å². The number of rotatable bonds is 2. The van der Waals surface area contributed by atoms with Crippen molar-refractivity contribution < 1.29 is 0 Å². The minimum absolute atomic E-state index is 0.955. The lowest BCUT2D eigenvalue weighted by Crippen LogP contribution is -2.31. The third-order valence-corrected chi connectivity index (χ3v) is 5.68. The van der Waals surface area contributed by atoms with Crippen LogP contribution in [0.5, 0.6) is 0 Å². The van der Waals surface area contributed by atoms with E-state index >= 15 is 0 Å². The van der Waals surface area contributed by atoms with Gasteiger partial charge in [-0.3, -0.25) is 0 Å². The molecule has 0 unspecified atom stereocenters. The van der Waals surface area contributed by atoms with Crippen LogP contribution in [-0.2, 0) is 6.42 Å². The van der Waals surface area contributed by atoms with Crippen molar-refractivity contribution in [3.8, 4) is 0 Å². The summed E-state index contributed by atoms with van der Waals surface area (Å²) in [6.45, 7) is 2.05. The Hall–Kier alpha value is -2.88. The number of aliphatic imine (C=N–C) groups is 1. The standard InChI is InChI=1S/C23H24N4/c1-26-15-8-7-13-21(26)25-22-18-11-5-6-12-20(18)24-23-19(22)14-16-27(23)17-9-3-2-4-10-17/h2-6,9-12H,7-8,13-16H2,1H3. The Bertz CT molecular complexity index is 1010. The van der Waals surface area contributed by atoms with Gasteiger partial charge in [-0.2, -0.15) is 0 Å². The molecular weight excluding hydrogens is 332 g/mol. The normalized spacial score (nSPS) is 18.3. The summed E-state index contributed by atoms with van der Waals surface area (Å²) in [7, 11) is 2.16. The van der Waals surface area contributed by atoms with Crippen molar-refractivity contribution in [3.63, 3.8) is 0 Å². The molecule has 2 aliphatic heterocycles. The third-order valence-electron chi connectivity index (χ3n) is 5.68. The SMILES string of the molecule is CN1CCCCC1=Nc1c2c(nc3ccccc13)N(c1ccccc1)CC2. The van der Waals surface area contributed by atoms with Crippen LogP contribution in [0.3, 0.4) is 0 Å². The number of anilines is 2. The average Bonchev–Trinajstić information content (AvgIpc) is 3.14. The Morgan fingerprint density at radius 2 is 1.70 bits per heavy atom. The van der Waals surface area contributed by atoms with Gasteiger partial charge in [-0.05, 0) is 37.5 Å². The van der Waals surface area contributed by atoms with Crippen molar-refractivity contribution in [2.45, 2.75) is 25.7 Å². The summed E-state index contributed by atoms with van der Waals surface area (Å²) in [6, 6.07) is 19.0. The number of piperidine rings is 1. The average molecular weight is 356 g/mol. The van der Waals surface area contributed by atoms with Crippen molar-refractivity contribution in [1.82, 2.24) is 9.88 Å². The van der Waals surface area contributed by atoms with Gasteiger partial charge in [-0.15, -0.1) is 0 Å². The van der Waals surface area contributed by atoms with Gasteiger partial charge in [0.15, 0.2) is 0 Å². The Morgan fingerprint density at radius 1 is 0.889 bits per heavy atom. The largest absolute Gasteiger partial charge is 0.363 e. The smallest absolute Gasteiger partial charge is 0.139 e. The fourth-order valence-corrected chi connectivity index (χ4v) is 4.21. The molecule has 0 bridgehead atoms. The molecule has 0 spiro atoms. The summed E-state index contributed by atoms with van der Waals surface area (Å²) in [5.74, 6) is 2.27. The number of likely N-dealkylation sites (tertiary alicyclic amines) is 1. The third kappa shape index (κ3) is 2.85. The predicted octanol–water partition coefficient (Wildman–Crippen LogP) is 5.07. The second-order valence-electron chi connectivity index (χ2n) is 7.42. The van der Waals surface area contributed by atoms with E-state index in [9.17, 15) is 0 Å². The van der Waals surface area contributed by atoms with Gasteiger partial charge in [0.05, 0.1) is 11.2 Å². The molecule has 27 heavy (non-hydrogen) atoms. The molecule has 3 aromatic rings. The summed E-state index contributed by atoms with van der Waals surface area (Å²) in [6.07, 6.45) is 4.53. The molecule has 1 saturated heterocycles. The number of aromatic nitrogens is 1. The Balaban J connectivity index is 1.70. The molecular formula is C23H24N4. The van der Waals surface area contributed by atoms with E-state index in [0.29, 0.717) is 0 Å². The zero-order chi connectivity index (χ0) is 18.2. The molecule has 1 fully saturated rings. The lowest BCUT2D eigenvalue weighted by Gasteiger charge is -2.26. The summed E-state index contributed by atoms with van der Waals surface area (Å²) in [5, 5.41) is 1.16. The maximum atomic E-state index is 5.20. The van der Waals surface area contributed by atoms with Gasteiger partial charge in [0.1, 0.15) is 11.7 Å². The van der Waals surface area contributed by atoms with Crippen LogP contribution in [0.25, 0.3) is 10.9 Å². The van der Waals surface area contributed by atoms with E-state index in [1.165, 1.54) is 29.9 Å². The highest BCUT2D eigenvalue weighted by atomic mass is 15.2. The fraction of sp³-hybridized carbons (Fsp3) is 0.304. The van der Waals surface area contributed by atoms with E-state index < -0.39 is 0 Å². The summed E-state index contributed by atoms with van der Waals surface area (Å²) in [4.78, 5) is 14.9. The maximum Gasteiger partial charge on any atom is 0.139 e. The first kappa shape index (κ1) is 16.3. The van der Waals surface area contributed by atoms with Gasteiger partial charge in [-0.25, -0.2) is 9.98 Å². The molecule has 2 aromatic carbocycles. The lowest BCUT2D eigenvalue weighted by atomic mass is 10.1. The molecule has 1 aromatic heterocycles. The zero-order valence-electron chi connectivity index (χ0n) is 15.7. The van der Waals surface area contributed by atoms with Crippen LogP contribution in [0.15, 0.2) is 59.6 Å². The number of hydrogen-bond acceptors (Lipinski definition) is 3. The van der Waals surface area contributed by atoms with Gasteiger partial charge in [-0.1, -0.05) is 36.4 Å². The van der Waals surface area contributed by atoms with Crippen molar-refractivity contribution in [2.75, 3.05) is 25.0 Å². The van der Waals surface area contributed by atoms with Crippen molar-refractivity contribution in [1.29, 1.82) is 0 Å². The van der Waals surface area contributed by atoms with Crippen molar-refractivity contribution in [3.05, 3.63) is 60.2 Å². The van der Waals surface area contributed by atoms with Crippen molar-refractivity contribution in [2.24, 2.45) is 4.99 Å². The molecule has 2 aliphatic rings. The molecule has 0 saturated carbocycles. The molecule has 0 aliphatic carbocycles. The number of fused-ring (bicyclic) bond motifs is 2. The maximum absolute atomic E-state index is 5.20. The number of benzene rings is 2. The van der Waals surface area contributed by atoms with Crippen LogP contribution in [0.2, 0.25) is 0 Å². The lowest BCUT2D eigenvalue weighted by molar-refractivity contribution is 0.434. The van der Waals surface area contributed by atoms with E-state index in [2.05, 4.69) is 71.4 Å². The van der Waals surface area contributed by atoms with Crippen LogP contribution >= 0.6 is 0 Å². The quantitative estimate of drug-likeness (QED) is 0.642. The van der Waals surface area contributed by atoms with Gasteiger partial charge in [0, 0.05) is 43.2 Å². The first-order valence-corrected chi connectivity index (χ1v) is 9.84. The molecule has 0 N–H and O–H groups in total. The van der Waals surface area contributed by atoms with Crippen LogP contribution in [0.4, 0.5) is 17.2 Å². The van der Waals surface area contributed by atoms with Gasteiger partial charge in [0.2, 0.25) is 0 Å². The fourth-order valence-electron chi connectivity index (χ4n) is 4.21. The molecule has 4 heteroatoms. The van der Waals surface area contributed by atoms with Gasteiger partial charge in [0.25, 0.3) is 0 Å². The summed E-state index contributed by atoms with van der Waals surface area (Å²) in [5.41, 5.74) is 4.63. The number of hydrogen-bond donors (Lipinski definition) is 0. The molecule has 5 rings (SSSR count). The molecule has 0 radical (unpaired) electrons. The van der Waals surface area contributed by atoms with E-state index in [0.717, 1.165) is 48.3 Å². The number of para-hydroxylation sites is 2. The minimum atomic E-state index is 0.955. The van der Waals surface area contributed by atoms with Gasteiger partial charge >= 0.3 is 0 Å². The molecule has 0 amide bonds. The Morgan fingerprint density at radius 3 is 2.56 bits per heavy atom. The Labute approximate surface area is 160 Å². The summed E-state index contributed by atoms with van der Waals surface area (Å²) >= 11 is 0. The molecule has 0 atom stereocenters. The molecule has 136 valence electrons. The molecule has 3 heterocycles. The van der Waals surface area contributed by atoms with E-state index in [4.69, 9.17) is 9.98 Å². The topological polar surface area (TPSA) is 31.7 Å². The second kappa shape index (κ2) is 6.69.